The van der Waals surface area contributed by atoms with E-state index in [1.165, 1.54) is 11.1 Å². The summed E-state index contributed by atoms with van der Waals surface area (Å²) in [6.07, 6.45) is 8.04. The minimum absolute atomic E-state index is 0.209. The lowest BCUT2D eigenvalue weighted by atomic mass is 9.44. The normalized spacial score (nSPS) is 45.6. The Labute approximate surface area is 178 Å². The van der Waals surface area contributed by atoms with Crippen LogP contribution in [0.5, 0.6) is 5.75 Å². The lowest BCUT2D eigenvalue weighted by molar-refractivity contribution is -0.146. The first kappa shape index (κ1) is 18.7. The van der Waals surface area contributed by atoms with Gasteiger partial charge in [-0.1, -0.05) is 31.0 Å². The van der Waals surface area contributed by atoms with Crippen LogP contribution in [0.4, 0.5) is 0 Å². The monoisotopic (exact) mass is 402 g/mol. The molecule has 7 atom stereocenters. The molecule has 0 saturated heterocycles. The number of aliphatic hydroxyl groups is 1. The van der Waals surface area contributed by atoms with E-state index in [0.29, 0.717) is 30.1 Å². The topological polar surface area (TPSA) is 46.5 Å². The van der Waals surface area contributed by atoms with Gasteiger partial charge >= 0.3 is 0 Å². The van der Waals surface area contributed by atoms with Crippen molar-refractivity contribution in [1.29, 1.82) is 0 Å². The van der Waals surface area contributed by atoms with Gasteiger partial charge in [0.05, 0.1) is 0 Å². The molecule has 3 heteroatoms. The minimum atomic E-state index is -0.906. The molecule has 3 nitrogen and oxygen atoms in total. The predicted octanol–water partition coefficient (Wildman–Crippen LogP) is 4.79. The quantitative estimate of drug-likeness (QED) is 0.635. The molecular weight excluding hydrogens is 372 g/mol. The molecule has 0 bridgehead atoms. The summed E-state index contributed by atoms with van der Waals surface area (Å²) in [5, 5.41) is 11.7. The summed E-state index contributed by atoms with van der Waals surface area (Å²) >= 11 is 0. The molecule has 5 aliphatic rings. The van der Waals surface area contributed by atoms with Gasteiger partial charge in [0.25, 0.3) is 0 Å². The van der Waals surface area contributed by atoms with Crippen molar-refractivity contribution < 1.29 is 14.6 Å². The Bertz CT molecular complexity index is 1030. The van der Waals surface area contributed by atoms with Crippen molar-refractivity contribution in [2.75, 3.05) is 0 Å². The first-order valence-corrected chi connectivity index (χ1v) is 11.6. The molecule has 156 valence electrons. The fourth-order valence-corrected chi connectivity index (χ4v) is 8.29. The zero-order chi connectivity index (χ0) is 20.7. The number of carbonyl (C=O) groups is 1. The van der Waals surface area contributed by atoms with Crippen LogP contribution in [0, 0.1) is 35.0 Å². The van der Waals surface area contributed by atoms with Crippen LogP contribution < -0.4 is 4.74 Å². The van der Waals surface area contributed by atoms with Crippen LogP contribution in [-0.4, -0.2) is 22.1 Å². The molecule has 1 N–H and O–H groups in total. The number of carbonyl (C=O) groups excluding carboxylic acids is 1. The van der Waals surface area contributed by atoms with Gasteiger partial charge in [0.15, 0.2) is 5.78 Å². The molecule has 1 aromatic rings. The highest BCUT2D eigenvalue weighted by molar-refractivity contribution is 5.92. The van der Waals surface area contributed by atoms with E-state index in [4.69, 9.17) is 4.74 Å². The highest BCUT2D eigenvalue weighted by atomic mass is 16.5. The van der Waals surface area contributed by atoms with E-state index in [0.717, 1.165) is 44.3 Å². The number of hydrogen-bond donors (Lipinski definition) is 1. The minimum Gasteiger partial charge on any atom is -0.482 e. The van der Waals surface area contributed by atoms with Crippen molar-refractivity contribution in [1.82, 2.24) is 0 Å². The third kappa shape index (κ3) is 2.14. The number of hydrogen-bond acceptors (Lipinski definition) is 3. The van der Waals surface area contributed by atoms with Gasteiger partial charge in [-0.25, -0.2) is 0 Å². The van der Waals surface area contributed by atoms with Crippen LogP contribution in [0.1, 0.15) is 70.3 Å². The summed E-state index contributed by atoms with van der Waals surface area (Å²) in [5.74, 6) is 9.17. The SMILES string of the molecule is CC#C[C@]1(O)CC[C@H]2[C@@H]3CCC4=CC(=O)CC[C@@]45Oc4ccccc4[C@@H](C[C@@]21C)[C@@H]35. The molecule has 4 aliphatic carbocycles. The third-order valence-electron chi connectivity index (χ3n) is 9.49. The fourth-order valence-electron chi connectivity index (χ4n) is 8.29. The Kier molecular flexibility index (Phi) is 3.75. The predicted molar refractivity (Wildman–Crippen MR) is 115 cm³/mol. The van der Waals surface area contributed by atoms with Gasteiger partial charge in [0, 0.05) is 17.8 Å². The van der Waals surface area contributed by atoms with Crippen LogP contribution in [0.2, 0.25) is 0 Å². The maximum Gasteiger partial charge on any atom is 0.155 e. The second kappa shape index (κ2) is 6.01. The van der Waals surface area contributed by atoms with Gasteiger partial charge in [-0.05, 0) is 86.5 Å². The fraction of sp³-hybridized carbons (Fsp3) is 0.593. The van der Waals surface area contributed by atoms with Crippen molar-refractivity contribution in [3.05, 3.63) is 41.5 Å². The summed E-state index contributed by atoms with van der Waals surface area (Å²) in [6.45, 7) is 4.14. The van der Waals surface area contributed by atoms with Gasteiger partial charge < -0.3 is 9.84 Å². The summed E-state index contributed by atoms with van der Waals surface area (Å²) in [7, 11) is 0. The van der Waals surface area contributed by atoms with Gasteiger partial charge in [0.1, 0.15) is 17.0 Å². The van der Waals surface area contributed by atoms with Gasteiger partial charge in [-0.3, -0.25) is 4.79 Å². The number of fused-ring (bicyclic) bond motifs is 4. The Morgan fingerprint density at radius 2 is 2.00 bits per heavy atom. The summed E-state index contributed by atoms with van der Waals surface area (Å²) < 4.78 is 6.88. The van der Waals surface area contributed by atoms with Crippen molar-refractivity contribution in [3.63, 3.8) is 0 Å². The summed E-state index contributed by atoms with van der Waals surface area (Å²) in [6, 6.07) is 8.48. The molecule has 6 rings (SSSR count). The molecule has 0 aromatic heterocycles. The first-order chi connectivity index (χ1) is 14.4. The van der Waals surface area contributed by atoms with Crippen LogP contribution in [0.3, 0.4) is 0 Å². The number of para-hydroxylation sites is 1. The Balaban J connectivity index is 1.56. The van der Waals surface area contributed by atoms with Gasteiger partial charge in [-0.2, -0.15) is 0 Å². The Morgan fingerprint density at radius 1 is 1.17 bits per heavy atom. The summed E-state index contributed by atoms with van der Waals surface area (Å²) in [4.78, 5) is 12.3. The number of ketones is 1. The lowest BCUT2D eigenvalue weighted by Gasteiger charge is -2.63. The molecule has 1 heterocycles. The molecule has 3 saturated carbocycles. The van der Waals surface area contributed by atoms with Crippen molar-refractivity contribution >= 4 is 5.78 Å². The highest BCUT2D eigenvalue weighted by Crippen LogP contribution is 2.71. The maximum atomic E-state index is 12.3. The second-order valence-electron chi connectivity index (χ2n) is 10.5. The highest BCUT2D eigenvalue weighted by Gasteiger charge is 2.69. The first-order valence-electron chi connectivity index (χ1n) is 11.6. The smallest absolute Gasteiger partial charge is 0.155 e. The standard InChI is InChI=1S/C27H30O3/c1-3-12-26(29)13-11-22-20-9-8-17-15-18(28)10-14-27(17)24(20)21(16-25(22,26)2)19-6-4-5-7-23(19)30-27/h4-7,15,20-22,24,29H,8-11,13-14,16H2,1-2H3/t20-,21+,22-,24+,25-,26-,27+/m0/s1. The zero-order valence-electron chi connectivity index (χ0n) is 17.9. The van der Waals surface area contributed by atoms with Crippen molar-refractivity contribution in [3.8, 4) is 17.6 Å². The average molecular weight is 403 g/mol. The number of ether oxygens (including phenoxy) is 1. The average Bonchev–Trinajstić information content (AvgIpc) is 2.99. The van der Waals surface area contributed by atoms with Gasteiger partial charge in [0.2, 0.25) is 0 Å². The Hall–Kier alpha value is -2.05. The molecule has 0 unspecified atom stereocenters. The molecule has 0 radical (unpaired) electrons. The molecule has 1 spiro atoms. The van der Waals surface area contributed by atoms with E-state index in [1.54, 1.807) is 0 Å². The molecular formula is C27H30O3. The van der Waals surface area contributed by atoms with E-state index in [1.807, 2.05) is 13.0 Å². The van der Waals surface area contributed by atoms with E-state index in [9.17, 15) is 9.90 Å². The van der Waals surface area contributed by atoms with E-state index < -0.39 is 5.60 Å². The number of benzene rings is 1. The molecule has 0 amide bonds. The molecule has 1 aliphatic heterocycles. The van der Waals surface area contributed by atoms with Crippen molar-refractivity contribution in [2.45, 2.75) is 75.9 Å². The van der Waals surface area contributed by atoms with Gasteiger partial charge in [-0.15, -0.1) is 5.92 Å². The van der Waals surface area contributed by atoms with E-state index >= 15 is 0 Å². The second-order valence-corrected chi connectivity index (χ2v) is 10.5. The maximum absolute atomic E-state index is 12.3. The molecule has 1 aromatic carbocycles. The van der Waals surface area contributed by atoms with Crippen molar-refractivity contribution in [2.24, 2.45) is 23.2 Å². The largest absolute Gasteiger partial charge is 0.482 e. The molecule has 30 heavy (non-hydrogen) atoms. The van der Waals surface area contributed by atoms with Crippen LogP contribution in [0.25, 0.3) is 0 Å². The number of rotatable bonds is 0. The van der Waals surface area contributed by atoms with E-state index in [-0.39, 0.29) is 16.8 Å². The van der Waals surface area contributed by atoms with Crippen LogP contribution in [-0.2, 0) is 4.79 Å². The van der Waals surface area contributed by atoms with E-state index in [2.05, 4.69) is 43.0 Å². The zero-order valence-corrected chi connectivity index (χ0v) is 17.9. The van der Waals surface area contributed by atoms with Crippen LogP contribution >= 0.6 is 0 Å². The molecule has 3 fully saturated rings. The third-order valence-corrected chi connectivity index (χ3v) is 9.49. The Morgan fingerprint density at radius 3 is 2.83 bits per heavy atom. The summed E-state index contributed by atoms with van der Waals surface area (Å²) in [5.41, 5.74) is 1.06. The lowest BCUT2D eigenvalue weighted by Crippen LogP contribution is -2.63. The van der Waals surface area contributed by atoms with Crippen LogP contribution in [0.15, 0.2) is 35.9 Å².